The molecule has 0 aromatic heterocycles. The molecule has 0 radical (unpaired) electrons. The molecule has 0 saturated carbocycles. The number of hydrogen-bond donors (Lipinski definition) is 1. The third-order valence-corrected chi connectivity index (χ3v) is 5.48. The summed E-state index contributed by atoms with van der Waals surface area (Å²) in [6, 6.07) is 14.0. The van der Waals surface area contributed by atoms with E-state index in [-0.39, 0.29) is 31.4 Å². The van der Waals surface area contributed by atoms with Gasteiger partial charge in [0.25, 0.3) is 5.91 Å². The monoisotopic (exact) mass is 418 g/mol. The standard InChI is InChI=1S/C24H22N2O5/c27-21-11-5-10-20(23(29)25-21)26-14-19-17(8-4-9-18(19)24(26)30)12-13-22(28)31-15-16-6-2-1-3-7-16/h1-4,6-9,12-13,20H,5,10-11,14-15H2,(H,25,27,29)/b13-12+. The Morgan fingerprint density at radius 3 is 2.71 bits per heavy atom. The van der Waals surface area contributed by atoms with Crippen molar-refractivity contribution in [1.82, 2.24) is 10.2 Å². The van der Waals surface area contributed by atoms with Crippen molar-refractivity contribution in [2.24, 2.45) is 0 Å². The van der Waals surface area contributed by atoms with Crippen LogP contribution in [-0.2, 0) is 32.3 Å². The van der Waals surface area contributed by atoms with Crippen LogP contribution in [0.3, 0.4) is 0 Å². The molecule has 158 valence electrons. The van der Waals surface area contributed by atoms with E-state index in [2.05, 4.69) is 5.32 Å². The molecule has 7 nitrogen and oxygen atoms in total. The van der Waals surface area contributed by atoms with Crippen LogP contribution in [0.5, 0.6) is 0 Å². The van der Waals surface area contributed by atoms with Crippen LogP contribution in [0.15, 0.2) is 54.6 Å². The highest BCUT2D eigenvalue weighted by molar-refractivity contribution is 6.05. The van der Waals surface area contributed by atoms with Gasteiger partial charge in [0.2, 0.25) is 11.8 Å². The summed E-state index contributed by atoms with van der Waals surface area (Å²) in [6.45, 7) is 0.429. The third-order valence-electron chi connectivity index (χ3n) is 5.48. The molecule has 7 heteroatoms. The van der Waals surface area contributed by atoms with E-state index in [0.29, 0.717) is 18.4 Å². The van der Waals surface area contributed by atoms with Crippen LogP contribution >= 0.6 is 0 Å². The number of rotatable bonds is 5. The van der Waals surface area contributed by atoms with Gasteiger partial charge in [-0.05, 0) is 41.7 Å². The zero-order valence-electron chi connectivity index (χ0n) is 16.9. The summed E-state index contributed by atoms with van der Waals surface area (Å²) >= 11 is 0. The molecular formula is C24H22N2O5. The van der Waals surface area contributed by atoms with E-state index >= 15 is 0 Å². The summed E-state index contributed by atoms with van der Waals surface area (Å²) in [7, 11) is 0. The highest BCUT2D eigenvalue weighted by atomic mass is 16.5. The first-order chi connectivity index (χ1) is 15.0. The molecule has 3 amide bonds. The summed E-state index contributed by atoms with van der Waals surface area (Å²) in [5.41, 5.74) is 2.87. The van der Waals surface area contributed by atoms with E-state index in [9.17, 15) is 19.2 Å². The minimum absolute atomic E-state index is 0.179. The molecule has 1 atom stereocenters. The highest BCUT2D eigenvalue weighted by Crippen LogP contribution is 2.30. The van der Waals surface area contributed by atoms with Gasteiger partial charge in [0, 0.05) is 24.6 Å². The lowest BCUT2D eigenvalue weighted by molar-refractivity contribution is -0.139. The average Bonchev–Trinajstić information content (AvgIpc) is 3.01. The largest absolute Gasteiger partial charge is 0.458 e. The van der Waals surface area contributed by atoms with Crippen LogP contribution < -0.4 is 5.32 Å². The van der Waals surface area contributed by atoms with Crippen molar-refractivity contribution >= 4 is 29.8 Å². The van der Waals surface area contributed by atoms with E-state index in [1.807, 2.05) is 36.4 Å². The Morgan fingerprint density at radius 1 is 1.10 bits per heavy atom. The van der Waals surface area contributed by atoms with Gasteiger partial charge in [0.05, 0.1) is 0 Å². The Morgan fingerprint density at radius 2 is 1.90 bits per heavy atom. The maximum Gasteiger partial charge on any atom is 0.331 e. The summed E-state index contributed by atoms with van der Waals surface area (Å²) < 4.78 is 5.26. The normalized spacial score (nSPS) is 18.6. The van der Waals surface area contributed by atoms with E-state index in [4.69, 9.17) is 4.74 Å². The first-order valence-electron chi connectivity index (χ1n) is 10.2. The molecule has 2 aliphatic rings. The SMILES string of the molecule is O=C1CCCC(N2Cc3c(/C=C/C(=O)OCc4ccccc4)cccc3C2=O)C(=O)N1. The average molecular weight is 418 g/mol. The van der Waals surface area contributed by atoms with Gasteiger partial charge in [0.15, 0.2) is 0 Å². The van der Waals surface area contributed by atoms with Gasteiger partial charge >= 0.3 is 5.97 Å². The summed E-state index contributed by atoms with van der Waals surface area (Å²) in [6.07, 6.45) is 4.22. The van der Waals surface area contributed by atoms with E-state index in [1.54, 1.807) is 18.2 Å². The van der Waals surface area contributed by atoms with Crippen LogP contribution in [-0.4, -0.2) is 34.6 Å². The fourth-order valence-electron chi connectivity index (χ4n) is 3.89. The van der Waals surface area contributed by atoms with Crippen molar-refractivity contribution in [3.63, 3.8) is 0 Å². The predicted molar refractivity (Wildman–Crippen MR) is 112 cm³/mol. The van der Waals surface area contributed by atoms with Gasteiger partial charge in [-0.15, -0.1) is 0 Å². The van der Waals surface area contributed by atoms with Crippen molar-refractivity contribution in [2.75, 3.05) is 0 Å². The summed E-state index contributed by atoms with van der Waals surface area (Å²) in [4.78, 5) is 50.5. The number of hydrogen-bond acceptors (Lipinski definition) is 5. The minimum Gasteiger partial charge on any atom is -0.458 e. The first-order valence-corrected chi connectivity index (χ1v) is 10.2. The number of esters is 1. The maximum atomic E-state index is 12.9. The molecule has 1 saturated heterocycles. The lowest BCUT2D eigenvalue weighted by Gasteiger charge is -2.24. The van der Waals surface area contributed by atoms with Crippen LogP contribution in [0.4, 0.5) is 0 Å². The molecule has 0 bridgehead atoms. The molecule has 1 unspecified atom stereocenters. The topological polar surface area (TPSA) is 92.8 Å². The molecule has 4 rings (SSSR count). The number of amides is 3. The maximum absolute atomic E-state index is 12.9. The molecular weight excluding hydrogens is 396 g/mol. The quantitative estimate of drug-likeness (QED) is 0.458. The summed E-state index contributed by atoms with van der Waals surface area (Å²) in [5, 5.41) is 2.35. The number of imide groups is 1. The number of benzene rings is 2. The lowest BCUT2D eigenvalue weighted by Crippen LogP contribution is -2.46. The minimum atomic E-state index is -0.681. The smallest absolute Gasteiger partial charge is 0.331 e. The van der Waals surface area contributed by atoms with E-state index < -0.39 is 17.9 Å². The number of ether oxygens (including phenoxy) is 1. The van der Waals surface area contributed by atoms with E-state index in [0.717, 1.165) is 16.7 Å². The van der Waals surface area contributed by atoms with Crippen molar-refractivity contribution in [3.8, 4) is 0 Å². The second-order valence-corrected chi connectivity index (χ2v) is 7.55. The lowest BCUT2D eigenvalue weighted by atomic mass is 10.0. The molecule has 0 spiro atoms. The molecule has 2 aromatic carbocycles. The second kappa shape index (κ2) is 8.95. The molecule has 2 heterocycles. The molecule has 0 aliphatic carbocycles. The van der Waals surface area contributed by atoms with Crippen LogP contribution in [0.1, 0.15) is 46.3 Å². The van der Waals surface area contributed by atoms with Gasteiger partial charge in [-0.3, -0.25) is 19.7 Å². The van der Waals surface area contributed by atoms with Crippen LogP contribution in [0, 0.1) is 0 Å². The number of fused-ring (bicyclic) bond motifs is 1. The van der Waals surface area contributed by atoms with Gasteiger partial charge in [-0.1, -0.05) is 42.5 Å². The van der Waals surface area contributed by atoms with Crippen LogP contribution in [0.25, 0.3) is 6.08 Å². The molecule has 1 N–H and O–H groups in total. The van der Waals surface area contributed by atoms with Gasteiger partial charge in [-0.2, -0.15) is 0 Å². The molecule has 1 fully saturated rings. The van der Waals surface area contributed by atoms with Gasteiger partial charge in [-0.25, -0.2) is 4.79 Å². The zero-order valence-corrected chi connectivity index (χ0v) is 16.9. The van der Waals surface area contributed by atoms with Gasteiger partial charge in [0.1, 0.15) is 12.6 Å². The first kappa shape index (κ1) is 20.5. The van der Waals surface area contributed by atoms with Gasteiger partial charge < -0.3 is 9.64 Å². The van der Waals surface area contributed by atoms with Crippen molar-refractivity contribution in [2.45, 2.75) is 38.5 Å². The molecule has 2 aromatic rings. The Labute approximate surface area is 179 Å². The Hall–Kier alpha value is -3.74. The molecule has 31 heavy (non-hydrogen) atoms. The Balaban J connectivity index is 1.47. The van der Waals surface area contributed by atoms with Crippen LogP contribution in [0.2, 0.25) is 0 Å². The Kier molecular flexibility index (Phi) is 5.93. The number of carbonyl (C=O) groups excluding carboxylic acids is 4. The summed E-state index contributed by atoms with van der Waals surface area (Å²) in [5.74, 6) is -1.48. The highest BCUT2D eigenvalue weighted by Gasteiger charge is 2.38. The van der Waals surface area contributed by atoms with Crippen molar-refractivity contribution in [1.29, 1.82) is 0 Å². The number of nitrogens with zero attached hydrogens (tertiary/aromatic N) is 1. The fourth-order valence-corrected chi connectivity index (χ4v) is 3.89. The van der Waals surface area contributed by atoms with Crippen molar-refractivity contribution in [3.05, 3.63) is 76.9 Å². The fraction of sp³-hybridized carbons (Fsp3) is 0.250. The zero-order chi connectivity index (χ0) is 21.8. The van der Waals surface area contributed by atoms with Crippen molar-refractivity contribution < 1.29 is 23.9 Å². The number of nitrogens with one attached hydrogen (secondary N) is 1. The third kappa shape index (κ3) is 4.55. The Bertz CT molecular complexity index is 1060. The number of carbonyl (C=O) groups is 4. The van der Waals surface area contributed by atoms with E-state index in [1.165, 1.54) is 11.0 Å². The molecule has 2 aliphatic heterocycles. The second-order valence-electron chi connectivity index (χ2n) is 7.55. The predicted octanol–water partition coefficient (Wildman–Crippen LogP) is 2.59.